The van der Waals surface area contributed by atoms with E-state index in [0.717, 1.165) is 18.6 Å². The smallest absolute Gasteiger partial charge is 0.274 e. The van der Waals surface area contributed by atoms with Crippen LogP contribution in [-0.2, 0) is 9.53 Å². The van der Waals surface area contributed by atoms with Gasteiger partial charge in [-0.1, -0.05) is 0 Å². The van der Waals surface area contributed by atoms with Gasteiger partial charge in [0.25, 0.3) is 5.56 Å². The number of nitrogens with zero attached hydrogens (tertiary/aromatic N) is 2. The number of halogens is 2. The number of pyridine rings is 1. The molecule has 4 rings (SSSR count). The molecular formula is C20H20F2N2O4. The Morgan fingerprint density at radius 3 is 2.61 bits per heavy atom. The highest BCUT2D eigenvalue weighted by Crippen LogP contribution is 2.35. The van der Waals surface area contributed by atoms with Gasteiger partial charge in [0.1, 0.15) is 23.1 Å². The minimum Gasteiger partial charge on any atom is -0.497 e. The van der Waals surface area contributed by atoms with Gasteiger partial charge in [0.2, 0.25) is 5.91 Å². The largest absolute Gasteiger partial charge is 0.497 e. The van der Waals surface area contributed by atoms with Crippen LogP contribution in [0.5, 0.6) is 5.75 Å². The third kappa shape index (κ3) is 3.17. The number of ether oxygens (including phenoxy) is 2. The van der Waals surface area contributed by atoms with Crippen molar-refractivity contribution in [1.29, 1.82) is 0 Å². The summed E-state index contributed by atoms with van der Waals surface area (Å²) in [7, 11) is 1.32. The molecule has 1 aromatic heterocycles. The van der Waals surface area contributed by atoms with Crippen molar-refractivity contribution in [3.8, 4) is 5.75 Å². The summed E-state index contributed by atoms with van der Waals surface area (Å²) in [5, 5.41) is 0. The number of amides is 1. The molecule has 2 atom stereocenters. The third-order valence-corrected chi connectivity index (χ3v) is 5.37. The number of anilines is 1. The fourth-order valence-corrected chi connectivity index (χ4v) is 3.94. The zero-order valence-corrected chi connectivity index (χ0v) is 15.4. The second-order valence-electron chi connectivity index (χ2n) is 7.03. The normalized spacial score (nSPS) is 22.1. The SMILES string of the molecule is COc1cc(F)c(C2CC(=O)N(c3cccn(C4CCOC4)c3=O)C2)c(F)c1. The Morgan fingerprint density at radius 2 is 1.96 bits per heavy atom. The van der Waals surface area contributed by atoms with Crippen molar-refractivity contribution in [2.45, 2.75) is 24.8 Å². The number of aromatic nitrogens is 1. The number of rotatable bonds is 4. The molecule has 1 amide bonds. The first-order valence-corrected chi connectivity index (χ1v) is 9.11. The molecule has 6 nitrogen and oxygen atoms in total. The molecular weight excluding hydrogens is 370 g/mol. The number of hydrogen-bond acceptors (Lipinski definition) is 4. The van der Waals surface area contributed by atoms with Crippen molar-refractivity contribution in [1.82, 2.24) is 4.57 Å². The molecule has 2 unspecified atom stereocenters. The van der Waals surface area contributed by atoms with E-state index in [2.05, 4.69) is 0 Å². The lowest BCUT2D eigenvalue weighted by atomic mass is 9.97. The minimum absolute atomic E-state index is 0.0411. The predicted octanol–water partition coefficient (Wildman–Crippen LogP) is 2.62. The molecule has 2 saturated heterocycles. The molecule has 0 bridgehead atoms. The predicted molar refractivity (Wildman–Crippen MR) is 97.8 cm³/mol. The summed E-state index contributed by atoms with van der Waals surface area (Å²) in [6.45, 7) is 1.07. The van der Waals surface area contributed by atoms with Gasteiger partial charge < -0.3 is 18.9 Å². The second kappa shape index (κ2) is 7.35. The second-order valence-corrected chi connectivity index (χ2v) is 7.03. The first-order chi connectivity index (χ1) is 13.5. The van der Waals surface area contributed by atoms with Crippen LogP contribution in [0.4, 0.5) is 14.5 Å². The van der Waals surface area contributed by atoms with Crippen molar-refractivity contribution in [3.63, 3.8) is 0 Å². The van der Waals surface area contributed by atoms with Gasteiger partial charge in [-0.2, -0.15) is 0 Å². The van der Waals surface area contributed by atoms with Crippen molar-refractivity contribution < 1.29 is 23.0 Å². The Kier molecular flexibility index (Phi) is 4.89. The van der Waals surface area contributed by atoms with Gasteiger partial charge >= 0.3 is 0 Å². The van der Waals surface area contributed by atoms with E-state index in [1.165, 1.54) is 12.0 Å². The lowest BCUT2D eigenvalue weighted by Gasteiger charge is -2.20. The molecule has 1 aromatic carbocycles. The highest BCUT2D eigenvalue weighted by Gasteiger charge is 2.36. The van der Waals surface area contributed by atoms with Crippen molar-refractivity contribution in [2.75, 3.05) is 31.8 Å². The molecule has 2 aromatic rings. The summed E-state index contributed by atoms with van der Waals surface area (Å²) in [5.41, 5.74) is -0.240. The van der Waals surface area contributed by atoms with Gasteiger partial charge in [-0.25, -0.2) is 8.78 Å². The fourth-order valence-electron chi connectivity index (χ4n) is 3.94. The molecule has 2 fully saturated rings. The molecule has 3 heterocycles. The first-order valence-electron chi connectivity index (χ1n) is 9.11. The molecule has 0 aliphatic carbocycles. The Morgan fingerprint density at radius 1 is 1.21 bits per heavy atom. The van der Waals surface area contributed by atoms with Crippen molar-refractivity contribution >= 4 is 11.6 Å². The molecule has 0 saturated carbocycles. The van der Waals surface area contributed by atoms with E-state index in [1.54, 1.807) is 22.9 Å². The van der Waals surface area contributed by atoms with Crippen LogP contribution < -0.4 is 15.2 Å². The summed E-state index contributed by atoms with van der Waals surface area (Å²) in [6.07, 6.45) is 2.33. The lowest BCUT2D eigenvalue weighted by molar-refractivity contribution is -0.117. The van der Waals surface area contributed by atoms with E-state index in [-0.39, 0.29) is 47.5 Å². The molecule has 0 radical (unpaired) electrons. The number of hydrogen-bond donors (Lipinski definition) is 0. The van der Waals surface area contributed by atoms with Gasteiger partial charge in [-0.15, -0.1) is 0 Å². The van der Waals surface area contributed by atoms with E-state index in [9.17, 15) is 18.4 Å². The molecule has 2 aliphatic heterocycles. The minimum atomic E-state index is -0.759. The maximum absolute atomic E-state index is 14.4. The van der Waals surface area contributed by atoms with Crippen molar-refractivity contribution in [3.05, 3.63) is 58.0 Å². The number of methoxy groups -OCH3 is 1. The van der Waals surface area contributed by atoms with Crippen molar-refractivity contribution in [2.24, 2.45) is 0 Å². The van der Waals surface area contributed by atoms with Gasteiger partial charge in [-0.05, 0) is 18.6 Å². The van der Waals surface area contributed by atoms with Crippen LogP contribution in [0.15, 0.2) is 35.3 Å². The number of benzene rings is 1. The van der Waals surface area contributed by atoms with E-state index < -0.39 is 17.6 Å². The Hall–Kier alpha value is -2.74. The van der Waals surface area contributed by atoms with Crippen LogP contribution in [0.2, 0.25) is 0 Å². The molecule has 2 aliphatic rings. The van der Waals surface area contributed by atoms with Crippen LogP contribution in [-0.4, -0.2) is 37.3 Å². The van der Waals surface area contributed by atoms with Gasteiger partial charge in [0.15, 0.2) is 0 Å². The van der Waals surface area contributed by atoms with E-state index in [4.69, 9.17) is 9.47 Å². The van der Waals surface area contributed by atoms with E-state index in [0.29, 0.717) is 13.2 Å². The lowest BCUT2D eigenvalue weighted by Crippen LogP contribution is -2.34. The summed E-state index contributed by atoms with van der Waals surface area (Å²) >= 11 is 0. The quantitative estimate of drug-likeness (QED) is 0.805. The van der Waals surface area contributed by atoms with Crippen LogP contribution in [0.1, 0.15) is 30.4 Å². The highest BCUT2D eigenvalue weighted by molar-refractivity contribution is 5.96. The summed E-state index contributed by atoms with van der Waals surface area (Å²) in [4.78, 5) is 26.8. The summed E-state index contributed by atoms with van der Waals surface area (Å²) in [5.74, 6) is -2.46. The highest BCUT2D eigenvalue weighted by atomic mass is 19.1. The molecule has 148 valence electrons. The Labute approximate surface area is 160 Å². The molecule has 0 N–H and O–H groups in total. The van der Waals surface area contributed by atoms with Crippen LogP contribution >= 0.6 is 0 Å². The topological polar surface area (TPSA) is 60.8 Å². The molecule has 0 spiro atoms. The standard InChI is InChI=1S/C20H20F2N2O4/c1-27-14-8-15(21)19(16(22)9-14)12-7-18(25)24(10-12)17-3-2-5-23(20(17)26)13-4-6-28-11-13/h2-3,5,8-9,12-13H,4,6-7,10-11H2,1H3. The summed E-state index contributed by atoms with van der Waals surface area (Å²) < 4.78 is 40.6. The van der Waals surface area contributed by atoms with Crippen LogP contribution in [0, 0.1) is 11.6 Å². The fraction of sp³-hybridized carbons (Fsp3) is 0.400. The van der Waals surface area contributed by atoms with Crippen LogP contribution in [0.3, 0.4) is 0 Å². The molecule has 28 heavy (non-hydrogen) atoms. The maximum atomic E-state index is 14.4. The number of carbonyl (C=O) groups is 1. The molecule has 8 heteroatoms. The van der Waals surface area contributed by atoms with E-state index in [1.807, 2.05) is 0 Å². The average Bonchev–Trinajstić information content (AvgIpc) is 3.31. The van der Waals surface area contributed by atoms with Gasteiger partial charge in [0, 0.05) is 49.4 Å². The summed E-state index contributed by atoms with van der Waals surface area (Å²) in [6, 6.07) is 5.39. The van der Waals surface area contributed by atoms with E-state index >= 15 is 0 Å². The monoisotopic (exact) mass is 390 g/mol. The Balaban J connectivity index is 1.65. The Bertz CT molecular complexity index is 946. The van der Waals surface area contributed by atoms with Gasteiger partial charge in [-0.3, -0.25) is 9.59 Å². The zero-order chi connectivity index (χ0) is 19.8. The zero-order valence-electron chi connectivity index (χ0n) is 15.4. The van der Waals surface area contributed by atoms with Crippen LogP contribution in [0.25, 0.3) is 0 Å². The van der Waals surface area contributed by atoms with Gasteiger partial charge in [0.05, 0.1) is 19.8 Å². The number of carbonyl (C=O) groups excluding carboxylic acids is 1. The third-order valence-electron chi connectivity index (χ3n) is 5.37. The first kappa shape index (κ1) is 18.6. The average molecular weight is 390 g/mol. The maximum Gasteiger partial charge on any atom is 0.274 e.